The number of ether oxygens (including phenoxy) is 1. The summed E-state index contributed by atoms with van der Waals surface area (Å²) in [5.74, 6) is -0.936. The third-order valence-electron chi connectivity index (χ3n) is 3.98. The molecule has 2 atom stereocenters. The van der Waals surface area contributed by atoms with Gasteiger partial charge in [0.25, 0.3) is 0 Å². The fraction of sp³-hybridized carbons (Fsp3) is 0.444. The van der Waals surface area contributed by atoms with E-state index in [-0.39, 0.29) is 17.7 Å². The van der Waals surface area contributed by atoms with Gasteiger partial charge in [-0.25, -0.2) is 0 Å². The van der Waals surface area contributed by atoms with Crippen LogP contribution >= 0.6 is 11.8 Å². The molecule has 1 aliphatic carbocycles. The van der Waals surface area contributed by atoms with Crippen LogP contribution in [0.2, 0.25) is 0 Å². The lowest BCUT2D eigenvalue weighted by Gasteiger charge is -2.26. The maximum absolute atomic E-state index is 12.4. The Labute approximate surface area is 136 Å². The summed E-state index contributed by atoms with van der Waals surface area (Å²) in [6.07, 6.45) is 3.14. The van der Waals surface area contributed by atoms with Crippen molar-refractivity contribution in [2.75, 3.05) is 7.11 Å². The summed E-state index contributed by atoms with van der Waals surface area (Å²) in [5, 5.41) is 2.10. The molecule has 1 aromatic rings. The van der Waals surface area contributed by atoms with E-state index in [0.717, 1.165) is 19.3 Å². The average Bonchev–Trinajstić information content (AvgIpc) is 2.55. The summed E-state index contributed by atoms with van der Waals surface area (Å²) in [7, 11) is 1.35. The Bertz CT molecular complexity index is 551. The third-order valence-corrected chi connectivity index (χ3v) is 5.05. The van der Waals surface area contributed by atoms with Crippen LogP contribution in [0.1, 0.15) is 32.6 Å². The Morgan fingerprint density at radius 1 is 1.32 bits per heavy atom. The van der Waals surface area contributed by atoms with E-state index in [0.29, 0.717) is 6.42 Å². The van der Waals surface area contributed by atoms with Gasteiger partial charge in [0.1, 0.15) is 11.7 Å². The largest absolute Gasteiger partial charge is 0.468 e. The van der Waals surface area contributed by atoms with E-state index < -0.39 is 5.92 Å². The normalized spacial score (nSPS) is 22.5. The minimum absolute atomic E-state index is 0.0505. The number of benzene rings is 1. The number of ketones is 1. The molecule has 1 saturated carbocycles. The summed E-state index contributed by atoms with van der Waals surface area (Å²) >= 11 is 1.66. The maximum Gasteiger partial charge on any atom is 0.316 e. The van der Waals surface area contributed by atoms with Gasteiger partial charge in [0.2, 0.25) is 0 Å². The van der Waals surface area contributed by atoms with Crippen LogP contribution in [0.15, 0.2) is 46.2 Å². The number of Topliss-reactive ketones (excluding diaryl/α,β-unsaturated/α-hetero) is 1. The number of hydrogen-bond donors (Lipinski definition) is 0. The van der Waals surface area contributed by atoms with Crippen molar-refractivity contribution in [2.24, 2.45) is 11.8 Å². The molecular formula is C18H22O3S. The van der Waals surface area contributed by atoms with Crippen molar-refractivity contribution in [3.05, 3.63) is 41.3 Å². The van der Waals surface area contributed by atoms with Gasteiger partial charge in [-0.2, -0.15) is 0 Å². The standard InChI is InChI=1S/C18H22O3S/c1-13(12-22-15-8-4-3-5-9-15)11-14-7-6-10-16(17(14)19)18(20)21-2/h3-5,8-9,12,14,16H,6-7,10-11H2,1-2H3/b13-12+. The Morgan fingerprint density at radius 3 is 2.73 bits per heavy atom. The zero-order valence-electron chi connectivity index (χ0n) is 13.1. The first-order valence-electron chi connectivity index (χ1n) is 7.60. The Balaban J connectivity index is 1.94. The number of carbonyl (C=O) groups excluding carboxylic acids is 2. The molecule has 4 heteroatoms. The summed E-state index contributed by atoms with van der Waals surface area (Å²) in [5.41, 5.74) is 1.18. The molecule has 2 unspecified atom stereocenters. The number of allylic oxidation sites excluding steroid dienone is 1. The van der Waals surface area contributed by atoms with Gasteiger partial charge in [-0.05, 0) is 43.7 Å². The molecule has 0 N–H and O–H groups in total. The minimum atomic E-state index is -0.557. The second-order valence-electron chi connectivity index (χ2n) is 5.71. The average molecular weight is 318 g/mol. The molecule has 0 radical (unpaired) electrons. The highest BCUT2D eigenvalue weighted by molar-refractivity contribution is 8.02. The molecule has 0 aliphatic heterocycles. The van der Waals surface area contributed by atoms with Gasteiger partial charge in [-0.15, -0.1) is 0 Å². The second-order valence-corrected chi connectivity index (χ2v) is 6.65. The molecule has 0 saturated heterocycles. The number of hydrogen-bond acceptors (Lipinski definition) is 4. The van der Waals surface area contributed by atoms with Gasteiger partial charge in [-0.3, -0.25) is 9.59 Å². The molecule has 0 heterocycles. The lowest BCUT2D eigenvalue weighted by atomic mass is 9.77. The number of rotatable bonds is 5. The minimum Gasteiger partial charge on any atom is -0.468 e. The van der Waals surface area contributed by atoms with Gasteiger partial charge in [-0.1, -0.05) is 42.0 Å². The van der Waals surface area contributed by atoms with Crippen molar-refractivity contribution in [1.29, 1.82) is 0 Å². The summed E-state index contributed by atoms with van der Waals surface area (Å²) < 4.78 is 4.74. The van der Waals surface area contributed by atoms with Crippen molar-refractivity contribution in [3.63, 3.8) is 0 Å². The van der Waals surface area contributed by atoms with Crippen LogP contribution in [0.25, 0.3) is 0 Å². The molecule has 2 rings (SSSR count). The fourth-order valence-electron chi connectivity index (χ4n) is 2.82. The lowest BCUT2D eigenvalue weighted by molar-refractivity contribution is -0.152. The first-order valence-corrected chi connectivity index (χ1v) is 8.48. The van der Waals surface area contributed by atoms with E-state index in [1.54, 1.807) is 11.8 Å². The molecule has 1 aromatic carbocycles. The molecule has 0 aromatic heterocycles. The third kappa shape index (κ3) is 4.47. The highest BCUT2D eigenvalue weighted by atomic mass is 32.2. The number of thioether (sulfide) groups is 1. The number of esters is 1. The fourth-order valence-corrected chi connectivity index (χ4v) is 3.57. The number of methoxy groups -OCH3 is 1. The molecule has 0 spiro atoms. The van der Waals surface area contributed by atoms with E-state index in [4.69, 9.17) is 4.74 Å². The van der Waals surface area contributed by atoms with Gasteiger partial charge < -0.3 is 4.74 Å². The highest BCUT2D eigenvalue weighted by Gasteiger charge is 2.36. The van der Waals surface area contributed by atoms with E-state index in [1.807, 2.05) is 25.1 Å². The topological polar surface area (TPSA) is 43.4 Å². The first kappa shape index (κ1) is 16.8. The molecular weight excluding hydrogens is 296 g/mol. The van der Waals surface area contributed by atoms with Gasteiger partial charge in [0, 0.05) is 10.8 Å². The smallest absolute Gasteiger partial charge is 0.316 e. The van der Waals surface area contributed by atoms with E-state index in [2.05, 4.69) is 17.5 Å². The van der Waals surface area contributed by atoms with Crippen molar-refractivity contribution in [2.45, 2.75) is 37.5 Å². The molecule has 1 fully saturated rings. The van der Waals surface area contributed by atoms with E-state index in [9.17, 15) is 9.59 Å². The summed E-state index contributed by atoms with van der Waals surface area (Å²) in [6, 6.07) is 10.1. The van der Waals surface area contributed by atoms with Crippen LogP contribution in [-0.2, 0) is 14.3 Å². The Kier molecular flexibility index (Phi) is 6.25. The van der Waals surface area contributed by atoms with Gasteiger partial charge in [0.05, 0.1) is 7.11 Å². The van der Waals surface area contributed by atoms with Crippen LogP contribution in [0.3, 0.4) is 0 Å². The van der Waals surface area contributed by atoms with Crippen LogP contribution in [0, 0.1) is 11.8 Å². The van der Waals surface area contributed by atoms with Crippen molar-refractivity contribution < 1.29 is 14.3 Å². The van der Waals surface area contributed by atoms with E-state index >= 15 is 0 Å². The highest BCUT2D eigenvalue weighted by Crippen LogP contribution is 2.32. The van der Waals surface area contributed by atoms with Crippen LogP contribution in [-0.4, -0.2) is 18.9 Å². The van der Waals surface area contributed by atoms with Crippen LogP contribution in [0.4, 0.5) is 0 Å². The van der Waals surface area contributed by atoms with Gasteiger partial charge >= 0.3 is 5.97 Å². The molecule has 0 amide bonds. The Morgan fingerprint density at radius 2 is 2.05 bits per heavy atom. The Hall–Kier alpha value is -1.55. The van der Waals surface area contributed by atoms with Crippen molar-refractivity contribution in [1.82, 2.24) is 0 Å². The summed E-state index contributed by atoms with van der Waals surface area (Å²) in [4.78, 5) is 25.2. The molecule has 22 heavy (non-hydrogen) atoms. The number of carbonyl (C=O) groups is 2. The van der Waals surface area contributed by atoms with Gasteiger partial charge in [0.15, 0.2) is 0 Å². The lowest BCUT2D eigenvalue weighted by Crippen LogP contribution is -2.34. The maximum atomic E-state index is 12.4. The zero-order valence-corrected chi connectivity index (χ0v) is 13.9. The first-order chi connectivity index (χ1) is 10.6. The molecule has 1 aliphatic rings. The van der Waals surface area contributed by atoms with Crippen LogP contribution < -0.4 is 0 Å². The second kappa shape index (κ2) is 8.18. The van der Waals surface area contributed by atoms with Crippen LogP contribution in [0.5, 0.6) is 0 Å². The predicted molar refractivity (Wildman–Crippen MR) is 88.5 cm³/mol. The SMILES string of the molecule is COC(=O)C1CCCC(C/C(C)=C/Sc2ccccc2)C1=O. The van der Waals surface area contributed by atoms with Crippen molar-refractivity contribution >= 4 is 23.5 Å². The summed E-state index contributed by atoms with van der Waals surface area (Å²) in [6.45, 7) is 2.05. The molecule has 118 valence electrons. The molecule has 0 bridgehead atoms. The zero-order chi connectivity index (χ0) is 15.9. The monoisotopic (exact) mass is 318 g/mol. The van der Waals surface area contributed by atoms with E-state index in [1.165, 1.54) is 17.6 Å². The molecule has 3 nitrogen and oxygen atoms in total. The predicted octanol–water partition coefficient (Wildman–Crippen LogP) is 4.23. The van der Waals surface area contributed by atoms with Crippen molar-refractivity contribution in [3.8, 4) is 0 Å². The quantitative estimate of drug-likeness (QED) is 0.463.